The van der Waals surface area contributed by atoms with Gasteiger partial charge in [-0.2, -0.15) is 0 Å². The third-order valence-electron chi connectivity index (χ3n) is 2.35. The number of nitrogens with one attached hydrogen (secondary N) is 1. The molecule has 2 N–H and O–H groups in total. The van der Waals surface area contributed by atoms with E-state index in [0.29, 0.717) is 5.69 Å². The molecule has 0 bridgehead atoms. The third-order valence-corrected chi connectivity index (χ3v) is 2.91. The second kappa shape index (κ2) is 6.59. The van der Waals surface area contributed by atoms with E-state index in [2.05, 4.69) is 31.2 Å². The maximum Gasteiger partial charge on any atom is 0.328 e. The number of aromatic amines is 1. The first-order chi connectivity index (χ1) is 9.60. The molecule has 0 atom stereocenters. The highest BCUT2D eigenvalue weighted by Crippen LogP contribution is 2.01. The summed E-state index contributed by atoms with van der Waals surface area (Å²) in [5.74, 6) is 0. The molecule has 0 aliphatic carbocycles. The average Bonchev–Trinajstić information content (AvgIpc) is 2.84. The van der Waals surface area contributed by atoms with Gasteiger partial charge in [-0.25, -0.2) is 9.48 Å². The smallest absolute Gasteiger partial charge is 0.328 e. The molecule has 0 aliphatic rings. The molecule has 0 amide bonds. The number of aliphatic hydroxyl groups is 1. The standard InChI is InChI=1S/C10H12BrN5O4/c11-8-5-15(10(19)12-9(8)18)3-7-4-16(14-13-7)6-20-2-1-17/h4-5,17H,1-3,6H2,(H,12,18,19). The summed E-state index contributed by atoms with van der Waals surface area (Å²) in [6, 6.07) is 0. The van der Waals surface area contributed by atoms with Crippen LogP contribution in [0.3, 0.4) is 0 Å². The van der Waals surface area contributed by atoms with Gasteiger partial charge in [-0.3, -0.25) is 14.3 Å². The highest BCUT2D eigenvalue weighted by atomic mass is 79.9. The third kappa shape index (κ3) is 3.62. The van der Waals surface area contributed by atoms with Gasteiger partial charge >= 0.3 is 5.69 Å². The predicted molar refractivity (Wildman–Crippen MR) is 71.2 cm³/mol. The van der Waals surface area contributed by atoms with E-state index in [4.69, 9.17) is 9.84 Å². The molecule has 9 nitrogen and oxygen atoms in total. The van der Waals surface area contributed by atoms with Gasteiger partial charge in [0, 0.05) is 6.20 Å². The minimum absolute atomic E-state index is 0.0671. The largest absolute Gasteiger partial charge is 0.394 e. The molecule has 10 heteroatoms. The maximum absolute atomic E-state index is 11.6. The van der Waals surface area contributed by atoms with Gasteiger partial charge in [-0.1, -0.05) is 5.21 Å². The van der Waals surface area contributed by atoms with Crippen LogP contribution in [0.15, 0.2) is 26.5 Å². The van der Waals surface area contributed by atoms with E-state index in [1.54, 1.807) is 6.20 Å². The maximum atomic E-state index is 11.6. The number of H-pyrrole nitrogens is 1. The van der Waals surface area contributed by atoms with Crippen LogP contribution >= 0.6 is 15.9 Å². The minimum Gasteiger partial charge on any atom is -0.394 e. The summed E-state index contributed by atoms with van der Waals surface area (Å²) >= 11 is 3.05. The second-order valence-electron chi connectivity index (χ2n) is 3.87. The first-order valence-electron chi connectivity index (χ1n) is 5.67. The molecular formula is C10H12BrN5O4. The van der Waals surface area contributed by atoms with Crippen LogP contribution in [0.5, 0.6) is 0 Å². The fourth-order valence-electron chi connectivity index (χ4n) is 1.47. The van der Waals surface area contributed by atoms with Crippen LogP contribution in [0.25, 0.3) is 0 Å². The average molecular weight is 346 g/mol. The zero-order valence-corrected chi connectivity index (χ0v) is 11.9. The van der Waals surface area contributed by atoms with Gasteiger partial charge in [0.25, 0.3) is 5.56 Å². The summed E-state index contributed by atoms with van der Waals surface area (Å²) in [5, 5.41) is 16.3. The van der Waals surface area contributed by atoms with E-state index in [1.807, 2.05) is 0 Å². The van der Waals surface area contributed by atoms with Crippen LogP contribution in [-0.4, -0.2) is 42.9 Å². The Morgan fingerprint density at radius 3 is 2.95 bits per heavy atom. The SMILES string of the molecule is O=c1[nH]c(=O)n(Cc2cn(COCCO)nn2)cc1Br. The number of aromatic nitrogens is 5. The molecule has 108 valence electrons. The van der Waals surface area contributed by atoms with E-state index in [-0.39, 0.29) is 31.0 Å². The molecule has 2 aromatic heterocycles. The molecule has 2 heterocycles. The van der Waals surface area contributed by atoms with Crippen LogP contribution in [0, 0.1) is 0 Å². The van der Waals surface area contributed by atoms with Crippen molar-refractivity contribution < 1.29 is 9.84 Å². The molecule has 0 radical (unpaired) electrons. The topological polar surface area (TPSA) is 115 Å². The summed E-state index contributed by atoms with van der Waals surface area (Å²) in [5.41, 5.74) is -0.463. The number of nitrogens with zero attached hydrogens (tertiary/aromatic N) is 4. The monoisotopic (exact) mass is 345 g/mol. The van der Waals surface area contributed by atoms with E-state index in [1.165, 1.54) is 15.4 Å². The highest BCUT2D eigenvalue weighted by molar-refractivity contribution is 9.10. The van der Waals surface area contributed by atoms with Crippen molar-refractivity contribution in [1.29, 1.82) is 0 Å². The number of ether oxygens (including phenoxy) is 1. The molecule has 0 aromatic carbocycles. The first kappa shape index (κ1) is 14.6. The van der Waals surface area contributed by atoms with Crippen LogP contribution in [0.4, 0.5) is 0 Å². The van der Waals surface area contributed by atoms with Crippen molar-refractivity contribution in [3.8, 4) is 0 Å². The Bertz CT molecular complexity index is 691. The molecule has 0 unspecified atom stereocenters. The van der Waals surface area contributed by atoms with Gasteiger partial charge in [0.2, 0.25) is 0 Å². The number of halogens is 1. The van der Waals surface area contributed by atoms with Crippen LogP contribution < -0.4 is 11.2 Å². The van der Waals surface area contributed by atoms with Gasteiger partial charge in [-0.05, 0) is 15.9 Å². The summed E-state index contributed by atoms with van der Waals surface area (Å²) in [6.45, 7) is 0.482. The van der Waals surface area contributed by atoms with Crippen LogP contribution in [0.2, 0.25) is 0 Å². The van der Waals surface area contributed by atoms with E-state index in [0.717, 1.165) is 0 Å². The van der Waals surface area contributed by atoms with E-state index in [9.17, 15) is 9.59 Å². The van der Waals surface area contributed by atoms with Gasteiger partial charge in [-0.15, -0.1) is 5.10 Å². The molecule has 2 rings (SSSR count). The van der Waals surface area contributed by atoms with Gasteiger partial charge in [0.1, 0.15) is 12.4 Å². The lowest BCUT2D eigenvalue weighted by Crippen LogP contribution is -2.30. The lowest BCUT2D eigenvalue weighted by Gasteiger charge is -2.02. The van der Waals surface area contributed by atoms with Crippen molar-refractivity contribution in [3.63, 3.8) is 0 Å². The number of hydrogen-bond donors (Lipinski definition) is 2. The van der Waals surface area contributed by atoms with Gasteiger partial charge in [0.05, 0.1) is 30.4 Å². The summed E-state index contributed by atoms with van der Waals surface area (Å²) in [7, 11) is 0. The second-order valence-corrected chi connectivity index (χ2v) is 4.73. The molecule has 0 saturated heterocycles. The van der Waals surface area contributed by atoms with Crippen LogP contribution in [-0.2, 0) is 18.0 Å². The van der Waals surface area contributed by atoms with Gasteiger partial charge in [0.15, 0.2) is 0 Å². The van der Waals surface area contributed by atoms with Gasteiger partial charge < -0.3 is 9.84 Å². The highest BCUT2D eigenvalue weighted by Gasteiger charge is 2.06. The lowest BCUT2D eigenvalue weighted by atomic mass is 10.4. The minimum atomic E-state index is -0.524. The summed E-state index contributed by atoms with van der Waals surface area (Å²) in [4.78, 5) is 25.0. The Labute approximate surface area is 120 Å². The first-order valence-corrected chi connectivity index (χ1v) is 6.46. The lowest BCUT2D eigenvalue weighted by molar-refractivity contribution is 0.0409. The summed E-state index contributed by atoms with van der Waals surface area (Å²) < 4.78 is 8.08. The quantitative estimate of drug-likeness (QED) is 0.642. The molecular weight excluding hydrogens is 334 g/mol. The van der Waals surface area contributed by atoms with Crippen molar-refractivity contribution in [3.05, 3.63) is 43.4 Å². The summed E-state index contributed by atoms with van der Waals surface area (Å²) in [6.07, 6.45) is 3.01. The predicted octanol–water partition coefficient (Wildman–Crippen LogP) is -1.09. The van der Waals surface area contributed by atoms with Crippen molar-refractivity contribution >= 4 is 15.9 Å². The van der Waals surface area contributed by atoms with Crippen molar-refractivity contribution in [2.75, 3.05) is 13.2 Å². The molecule has 0 aliphatic heterocycles. The van der Waals surface area contributed by atoms with Crippen molar-refractivity contribution in [2.24, 2.45) is 0 Å². The molecule has 0 spiro atoms. The number of rotatable bonds is 6. The molecule has 20 heavy (non-hydrogen) atoms. The molecule has 2 aromatic rings. The zero-order chi connectivity index (χ0) is 14.5. The van der Waals surface area contributed by atoms with Crippen molar-refractivity contribution in [2.45, 2.75) is 13.3 Å². The zero-order valence-electron chi connectivity index (χ0n) is 10.3. The Balaban J connectivity index is 2.09. The van der Waals surface area contributed by atoms with Crippen molar-refractivity contribution in [1.82, 2.24) is 24.5 Å². The molecule has 0 fully saturated rings. The number of hydrogen-bond acceptors (Lipinski definition) is 6. The Hall–Kier alpha value is -1.78. The van der Waals surface area contributed by atoms with E-state index >= 15 is 0 Å². The Morgan fingerprint density at radius 2 is 2.20 bits per heavy atom. The molecule has 0 saturated carbocycles. The van der Waals surface area contributed by atoms with E-state index < -0.39 is 11.2 Å². The fourth-order valence-corrected chi connectivity index (χ4v) is 1.82. The van der Waals surface area contributed by atoms with Crippen LogP contribution in [0.1, 0.15) is 5.69 Å². The fraction of sp³-hybridized carbons (Fsp3) is 0.400. The Morgan fingerprint density at radius 1 is 1.40 bits per heavy atom. The normalized spacial score (nSPS) is 10.9. The Kier molecular flexibility index (Phi) is 4.82. The number of aliphatic hydroxyl groups excluding tert-OH is 1.